The molecule has 0 atom stereocenters. The molecule has 0 saturated heterocycles. The molecule has 0 unspecified atom stereocenters. The maximum atomic E-state index is 13.0. The Hall–Kier alpha value is -3.22. The number of azo groups is 1. The lowest BCUT2D eigenvalue weighted by Gasteiger charge is -2.02. The van der Waals surface area contributed by atoms with Gasteiger partial charge in [0.25, 0.3) is 0 Å². The molecule has 3 aromatic rings. The lowest BCUT2D eigenvalue weighted by atomic mass is 10.3. The molecule has 0 aliphatic heterocycles. The standard InChI is InChI=1S/C15H13FN6/c16-10-6-8-12(9-7-10)22-15(18)13(14(17)21-22)20-19-11-4-2-1-3-5-11/h1-9H,18H2,(H2,17,21)/b20-19+. The second kappa shape index (κ2) is 5.65. The fourth-order valence-corrected chi connectivity index (χ4v) is 1.92. The molecule has 110 valence electrons. The monoisotopic (exact) mass is 296 g/mol. The third kappa shape index (κ3) is 2.64. The zero-order valence-corrected chi connectivity index (χ0v) is 11.5. The van der Waals surface area contributed by atoms with Crippen LogP contribution in [0.2, 0.25) is 0 Å². The highest BCUT2D eigenvalue weighted by molar-refractivity contribution is 5.73. The number of aromatic nitrogens is 2. The van der Waals surface area contributed by atoms with Crippen molar-refractivity contribution in [3.05, 3.63) is 60.4 Å². The van der Waals surface area contributed by atoms with Gasteiger partial charge in [0, 0.05) is 0 Å². The molecule has 0 aliphatic rings. The number of hydrogen-bond acceptors (Lipinski definition) is 5. The van der Waals surface area contributed by atoms with E-state index in [1.54, 1.807) is 24.3 Å². The van der Waals surface area contributed by atoms with Crippen LogP contribution in [0.5, 0.6) is 0 Å². The van der Waals surface area contributed by atoms with E-state index in [1.807, 2.05) is 18.2 Å². The van der Waals surface area contributed by atoms with Crippen molar-refractivity contribution in [2.45, 2.75) is 0 Å². The minimum Gasteiger partial charge on any atom is -0.382 e. The topological polar surface area (TPSA) is 94.6 Å². The van der Waals surface area contributed by atoms with Crippen LogP contribution in [0, 0.1) is 5.82 Å². The number of nitrogens with zero attached hydrogens (tertiary/aromatic N) is 4. The van der Waals surface area contributed by atoms with Gasteiger partial charge < -0.3 is 11.5 Å². The largest absolute Gasteiger partial charge is 0.382 e. The lowest BCUT2D eigenvalue weighted by Crippen LogP contribution is -2.01. The number of rotatable bonds is 3. The van der Waals surface area contributed by atoms with E-state index >= 15 is 0 Å². The van der Waals surface area contributed by atoms with Gasteiger partial charge in [-0.2, -0.15) is 5.11 Å². The van der Waals surface area contributed by atoms with E-state index in [-0.39, 0.29) is 23.1 Å². The molecule has 0 aliphatic carbocycles. The molecule has 0 saturated carbocycles. The van der Waals surface area contributed by atoms with Crippen LogP contribution in [0.1, 0.15) is 0 Å². The van der Waals surface area contributed by atoms with Gasteiger partial charge in [-0.25, -0.2) is 9.07 Å². The molecular formula is C15H13FN6. The predicted octanol–water partition coefficient (Wildman–Crippen LogP) is 3.59. The van der Waals surface area contributed by atoms with Gasteiger partial charge in [-0.05, 0) is 36.4 Å². The van der Waals surface area contributed by atoms with E-state index in [9.17, 15) is 4.39 Å². The Labute approximate surface area is 125 Å². The Morgan fingerprint density at radius 3 is 2.27 bits per heavy atom. The molecule has 7 heteroatoms. The van der Waals surface area contributed by atoms with E-state index < -0.39 is 0 Å². The summed E-state index contributed by atoms with van der Waals surface area (Å²) in [4.78, 5) is 0. The Morgan fingerprint density at radius 1 is 0.909 bits per heavy atom. The van der Waals surface area contributed by atoms with Crippen molar-refractivity contribution in [2.75, 3.05) is 11.5 Å². The minimum absolute atomic E-state index is 0.154. The van der Waals surface area contributed by atoms with Gasteiger partial charge in [0.1, 0.15) is 5.82 Å². The quantitative estimate of drug-likeness (QED) is 0.723. The van der Waals surface area contributed by atoms with Crippen molar-refractivity contribution in [2.24, 2.45) is 10.2 Å². The summed E-state index contributed by atoms with van der Waals surface area (Å²) in [6.45, 7) is 0. The average Bonchev–Trinajstić information content (AvgIpc) is 2.82. The lowest BCUT2D eigenvalue weighted by molar-refractivity contribution is 0.627. The highest BCUT2D eigenvalue weighted by Crippen LogP contribution is 2.32. The fourth-order valence-electron chi connectivity index (χ4n) is 1.92. The number of hydrogen-bond donors (Lipinski definition) is 2. The molecule has 0 bridgehead atoms. The van der Waals surface area contributed by atoms with Gasteiger partial charge in [0.15, 0.2) is 17.3 Å². The number of halogens is 1. The van der Waals surface area contributed by atoms with E-state index in [0.29, 0.717) is 11.4 Å². The Morgan fingerprint density at radius 2 is 1.59 bits per heavy atom. The molecule has 2 aromatic carbocycles. The number of benzene rings is 2. The molecule has 1 heterocycles. The van der Waals surface area contributed by atoms with Crippen LogP contribution in [0.3, 0.4) is 0 Å². The van der Waals surface area contributed by atoms with Crippen LogP contribution < -0.4 is 11.5 Å². The summed E-state index contributed by atoms with van der Waals surface area (Å²) >= 11 is 0. The average molecular weight is 296 g/mol. The maximum Gasteiger partial charge on any atom is 0.176 e. The second-order valence-electron chi connectivity index (χ2n) is 4.54. The Balaban J connectivity index is 1.97. The minimum atomic E-state index is -0.341. The predicted molar refractivity (Wildman–Crippen MR) is 83.0 cm³/mol. The van der Waals surface area contributed by atoms with Crippen molar-refractivity contribution >= 4 is 23.0 Å². The van der Waals surface area contributed by atoms with Crippen LogP contribution in [0.4, 0.5) is 27.4 Å². The van der Waals surface area contributed by atoms with E-state index in [0.717, 1.165) is 0 Å². The maximum absolute atomic E-state index is 13.0. The first-order chi connectivity index (χ1) is 10.6. The van der Waals surface area contributed by atoms with Gasteiger partial charge in [0.2, 0.25) is 0 Å². The third-order valence-electron chi connectivity index (χ3n) is 3.01. The normalized spacial score (nSPS) is 11.1. The van der Waals surface area contributed by atoms with Crippen LogP contribution in [0.15, 0.2) is 64.8 Å². The summed E-state index contributed by atoms with van der Waals surface area (Å²) < 4.78 is 14.4. The van der Waals surface area contributed by atoms with Crippen LogP contribution in [-0.4, -0.2) is 9.78 Å². The van der Waals surface area contributed by atoms with Crippen LogP contribution in [-0.2, 0) is 0 Å². The fraction of sp³-hybridized carbons (Fsp3) is 0. The molecule has 1 aromatic heterocycles. The van der Waals surface area contributed by atoms with Gasteiger partial charge >= 0.3 is 0 Å². The zero-order valence-electron chi connectivity index (χ0n) is 11.5. The van der Waals surface area contributed by atoms with Gasteiger partial charge in [-0.3, -0.25) is 0 Å². The Bertz CT molecular complexity index is 808. The number of anilines is 2. The number of nitrogens with two attached hydrogens (primary N) is 2. The van der Waals surface area contributed by atoms with Crippen molar-refractivity contribution < 1.29 is 4.39 Å². The summed E-state index contributed by atoms with van der Waals surface area (Å²) in [6.07, 6.45) is 0. The highest BCUT2D eigenvalue weighted by atomic mass is 19.1. The molecule has 4 N–H and O–H groups in total. The molecule has 0 fully saturated rings. The molecular weight excluding hydrogens is 283 g/mol. The summed E-state index contributed by atoms with van der Waals surface area (Å²) in [5.41, 5.74) is 13.4. The molecule has 0 spiro atoms. The van der Waals surface area contributed by atoms with E-state index in [2.05, 4.69) is 15.3 Å². The van der Waals surface area contributed by atoms with Crippen molar-refractivity contribution in [1.82, 2.24) is 9.78 Å². The molecule has 3 rings (SSSR count). The molecule has 0 amide bonds. The first-order valence-corrected chi connectivity index (χ1v) is 6.52. The van der Waals surface area contributed by atoms with E-state index in [4.69, 9.17) is 11.5 Å². The second-order valence-corrected chi connectivity index (χ2v) is 4.54. The first kappa shape index (κ1) is 13.7. The van der Waals surface area contributed by atoms with Crippen molar-refractivity contribution in [1.29, 1.82) is 0 Å². The zero-order chi connectivity index (χ0) is 15.5. The molecule has 22 heavy (non-hydrogen) atoms. The van der Waals surface area contributed by atoms with Crippen molar-refractivity contribution in [3.63, 3.8) is 0 Å². The first-order valence-electron chi connectivity index (χ1n) is 6.52. The number of nitrogen functional groups attached to an aromatic ring is 2. The van der Waals surface area contributed by atoms with Crippen LogP contribution >= 0.6 is 0 Å². The van der Waals surface area contributed by atoms with Gasteiger partial charge in [-0.15, -0.1) is 10.2 Å². The molecule has 0 radical (unpaired) electrons. The van der Waals surface area contributed by atoms with Gasteiger partial charge in [0.05, 0.1) is 11.4 Å². The SMILES string of the molecule is Nc1nn(-c2ccc(F)cc2)c(N)c1/N=N/c1ccccc1. The third-order valence-corrected chi connectivity index (χ3v) is 3.01. The van der Waals surface area contributed by atoms with E-state index in [1.165, 1.54) is 16.8 Å². The summed E-state index contributed by atoms with van der Waals surface area (Å²) in [5, 5.41) is 12.2. The smallest absolute Gasteiger partial charge is 0.176 e. The summed E-state index contributed by atoms with van der Waals surface area (Å²) in [6, 6.07) is 14.9. The summed E-state index contributed by atoms with van der Waals surface area (Å²) in [5.74, 6) is 0.0525. The summed E-state index contributed by atoms with van der Waals surface area (Å²) in [7, 11) is 0. The van der Waals surface area contributed by atoms with Crippen molar-refractivity contribution in [3.8, 4) is 5.69 Å². The van der Waals surface area contributed by atoms with Crippen LogP contribution in [0.25, 0.3) is 5.69 Å². The highest BCUT2D eigenvalue weighted by Gasteiger charge is 2.14. The van der Waals surface area contributed by atoms with Gasteiger partial charge in [-0.1, -0.05) is 18.2 Å². The Kier molecular flexibility index (Phi) is 3.53. The molecule has 6 nitrogen and oxygen atoms in total.